The molecule has 0 atom stereocenters. The Balaban J connectivity index is 1.63. The molecule has 3 aromatic rings. The predicted octanol–water partition coefficient (Wildman–Crippen LogP) is 4.21. The summed E-state index contributed by atoms with van der Waals surface area (Å²) >= 11 is 1.27. The highest BCUT2D eigenvalue weighted by atomic mass is 32.1. The number of carbonyl (C=O) groups is 2. The number of carbonyl (C=O) groups excluding carboxylic acids is 2. The molecule has 0 radical (unpaired) electrons. The molecule has 0 aliphatic carbocycles. The number of hydrogen-bond donors (Lipinski definition) is 2. The van der Waals surface area contributed by atoms with E-state index in [1.165, 1.54) is 25.6 Å². The minimum absolute atomic E-state index is 0.121. The second-order valence-corrected chi connectivity index (χ2v) is 7.57. The van der Waals surface area contributed by atoms with Crippen molar-refractivity contribution in [1.82, 2.24) is 4.98 Å². The van der Waals surface area contributed by atoms with Crippen LogP contribution in [-0.2, 0) is 11.2 Å². The number of thiazole rings is 1. The number of amides is 2. The highest BCUT2D eigenvalue weighted by Gasteiger charge is 2.14. The van der Waals surface area contributed by atoms with Crippen LogP contribution in [0.2, 0.25) is 0 Å². The summed E-state index contributed by atoms with van der Waals surface area (Å²) < 4.78 is 10.4. The summed E-state index contributed by atoms with van der Waals surface area (Å²) in [7, 11) is 3.04. The van der Waals surface area contributed by atoms with Crippen LogP contribution >= 0.6 is 11.3 Å². The lowest BCUT2D eigenvalue weighted by molar-refractivity contribution is -0.115. The van der Waals surface area contributed by atoms with Crippen molar-refractivity contribution in [2.24, 2.45) is 0 Å². The fourth-order valence-electron chi connectivity index (χ4n) is 2.82. The summed E-state index contributed by atoms with van der Waals surface area (Å²) in [5, 5.41) is 7.84. The van der Waals surface area contributed by atoms with Crippen molar-refractivity contribution in [2.45, 2.75) is 20.3 Å². The molecule has 3 rings (SSSR count). The Hall–Kier alpha value is -3.39. The Bertz CT molecular complexity index is 1080. The number of benzene rings is 2. The molecule has 1 heterocycles. The maximum absolute atomic E-state index is 12.5. The van der Waals surface area contributed by atoms with Crippen molar-refractivity contribution in [3.8, 4) is 11.5 Å². The molecule has 0 saturated heterocycles. The van der Waals surface area contributed by atoms with Crippen LogP contribution < -0.4 is 20.1 Å². The number of rotatable bonds is 7. The van der Waals surface area contributed by atoms with E-state index in [1.54, 1.807) is 23.6 Å². The first-order valence-electron chi connectivity index (χ1n) is 9.24. The molecule has 0 bridgehead atoms. The molecular weight excluding hydrogens is 402 g/mol. The van der Waals surface area contributed by atoms with Crippen molar-refractivity contribution >= 4 is 34.0 Å². The van der Waals surface area contributed by atoms with E-state index in [0.717, 1.165) is 16.8 Å². The first-order valence-corrected chi connectivity index (χ1v) is 10.1. The van der Waals surface area contributed by atoms with Crippen molar-refractivity contribution in [2.75, 3.05) is 24.9 Å². The van der Waals surface area contributed by atoms with Crippen LogP contribution in [0.3, 0.4) is 0 Å². The first kappa shape index (κ1) is 21.3. The molecule has 7 nitrogen and oxygen atoms in total. The van der Waals surface area contributed by atoms with Crippen molar-refractivity contribution in [1.29, 1.82) is 0 Å². The van der Waals surface area contributed by atoms with Gasteiger partial charge in [-0.1, -0.05) is 12.1 Å². The van der Waals surface area contributed by atoms with Crippen LogP contribution in [0.15, 0.2) is 41.8 Å². The maximum atomic E-state index is 12.5. The molecule has 30 heavy (non-hydrogen) atoms. The molecule has 2 N–H and O–H groups in total. The zero-order chi connectivity index (χ0) is 21.7. The van der Waals surface area contributed by atoms with Crippen LogP contribution in [-0.4, -0.2) is 31.0 Å². The summed E-state index contributed by atoms with van der Waals surface area (Å²) in [5.74, 6) is 0.525. The van der Waals surface area contributed by atoms with Crippen LogP contribution in [0.5, 0.6) is 11.5 Å². The molecule has 0 saturated carbocycles. The SMILES string of the molecule is COc1ccc(C(=O)Nc2nc(CC(=O)Nc3cc(C)ccc3C)cs2)cc1OC. The average molecular weight is 426 g/mol. The van der Waals surface area contributed by atoms with E-state index < -0.39 is 0 Å². The van der Waals surface area contributed by atoms with E-state index in [2.05, 4.69) is 15.6 Å². The number of nitrogens with one attached hydrogen (secondary N) is 2. The number of hydrogen-bond acceptors (Lipinski definition) is 6. The summed E-state index contributed by atoms with van der Waals surface area (Å²) in [6, 6.07) is 10.8. The van der Waals surface area contributed by atoms with Gasteiger partial charge >= 0.3 is 0 Å². The lowest BCUT2D eigenvalue weighted by Crippen LogP contribution is -2.16. The number of anilines is 2. The van der Waals surface area contributed by atoms with Crippen molar-refractivity contribution in [3.63, 3.8) is 0 Å². The maximum Gasteiger partial charge on any atom is 0.257 e. The third kappa shape index (κ3) is 5.15. The van der Waals surface area contributed by atoms with Gasteiger partial charge in [-0.25, -0.2) is 4.98 Å². The normalized spacial score (nSPS) is 10.4. The molecular formula is C22H23N3O4S. The van der Waals surface area contributed by atoms with Gasteiger partial charge < -0.3 is 14.8 Å². The zero-order valence-electron chi connectivity index (χ0n) is 17.2. The van der Waals surface area contributed by atoms with E-state index in [1.807, 2.05) is 32.0 Å². The van der Waals surface area contributed by atoms with E-state index in [9.17, 15) is 9.59 Å². The van der Waals surface area contributed by atoms with Gasteiger partial charge in [0, 0.05) is 16.6 Å². The van der Waals surface area contributed by atoms with E-state index in [4.69, 9.17) is 9.47 Å². The molecule has 2 amide bonds. The Kier molecular flexibility index (Phi) is 6.68. The second-order valence-electron chi connectivity index (χ2n) is 6.71. The van der Waals surface area contributed by atoms with Crippen molar-refractivity contribution in [3.05, 3.63) is 64.2 Å². The molecule has 0 fully saturated rings. The number of methoxy groups -OCH3 is 2. The highest BCUT2D eigenvalue weighted by molar-refractivity contribution is 7.14. The van der Waals surface area contributed by atoms with E-state index >= 15 is 0 Å². The fraction of sp³-hybridized carbons (Fsp3) is 0.227. The van der Waals surface area contributed by atoms with Crippen LogP contribution in [0.1, 0.15) is 27.2 Å². The second kappa shape index (κ2) is 9.41. The van der Waals surface area contributed by atoms with Gasteiger partial charge in [0.25, 0.3) is 5.91 Å². The molecule has 0 spiro atoms. The smallest absolute Gasteiger partial charge is 0.257 e. The monoisotopic (exact) mass is 425 g/mol. The van der Waals surface area contributed by atoms with Crippen LogP contribution in [0, 0.1) is 13.8 Å². The molecule has 0 aliphatic heterocycles. The number of nitrogens with zero attached hydrogens (tertiary/aromatic N) is 1. The van der Waals surface area contributed by atoms with Gasteiger partial charge in [0.05, 0.1) is 26.3 Å². The lowest BCUT2D eigenvalue weighted by atomic mass is 10.1. The first-order chi connectivity index (χ1) is 14.4. The minimum atomic E-state index is -0.323. The minimum Gasteiger partial charge on any atom is -0.493 e. The highest BCUT2D eigenvalue weighted by Crippen LogP contribution is 2.28. The number of aromatic nitrogens is 1. The summed E-state index contributed by atoms with van der Waals surface area (Å²) in [6.07, 6.45) is 0.121. The van der Waals surface area contributed by atoms with Crippen molar-refractivity contribution < 1.29 is 19.1 Å². The van der Waals surface area contributed by atoms with Gasteiger partial charge in [-0.2, -0.15) is 0 Å². The Morgan fingerprint density at radius 2 is 1.77 bits per heavy atom. The number of aryl methyl sites for hydroxylation is 2. The van der Waals surface area contributed by atoms with E-state index in [0.29, 0.717) is 27.9 Å². The third-order valence-corrected chi connectivity index (χ3v) is 5.23. The Labute approximate surface area is 179 Å². The van der Waals surface area contributed by atoms with Gasteiger partial charge in [0.15, 0.2) is 16.6 Å². The Morgan fingerprint density at radius 1 is 1.00 bits per heavy atom. The molecule has 156 valence electrons. The van der Waals surface area contributed by atoms with Gasteiger partial charge in [-0.05, 0) is 49.2 Å². The summed E-state index contributed by atoms with van der Waals surface area (Å²) in [5.41, 5.74) is 3.86. The summed E-state index contributed by atoms with van der Waals surface area (Å²) in [4.78, 5) is 29.2. The quantitative estimate of drug-likeness (QED) is 0.592. The summed E-state index contributed by atoms with van der Waals surface area (Å²) in [6.45, 7) is 3.92. The molecule has 8 heteroatoms. The third-order valence-electron chi connectivity index (χ3n) is 4.43. The van der Waals surface area contributed by atoms with Crippen LogP contribution in [0.4, 0.5) is 10.8 Å². The lowest BCUT2D eigenvalue weighted by Gasteiger charge is -2.09. The Morgan fingerprint density at radius 3 is 2.50 bits per heavy atom. The standard InChI is InChI=1S/C22H23N3O4S/c1-13-5-6-14(2)17(9-13)24-20(26)11-16-12-30-22(23-16)25-21(27)15-7-8-18(28-3)19(10-15)29-4/h5-10,12H,11H2,1-4H3,(H,24,26)(H,23,25,27). The molecule has 0 unspecified atom stereocenters. The fourth-order valence-corrected chi connectivity index (χ4v) is 3.53. The molecule has 1 aromatic heterocycles. The molecule has 0 aliphatic rings. The zero-order valence-corrected chi connectivity index (χ0v) is 18.1. The van der Waals surface area contributed by atoms with Gasteiger partial charge in [0.1, 0.15) is 0 Å². The molecule has 2 aromatic carbocycles. The largest absolute Gasteiger partial charge is 0.493 e. The number of ether oxygens (including phenoxy) is 2. The predicted molar refractivity (Wildman–Crippen MR) is 118 cm³/mol. The van der Waals surface area contributed by atoms with E-state index in [-0.39, 0.29) is 18.2 Å². The van der Waals surface area contributed by atoms with Crippen LogP contribution in [0.25, 0.3) is 0 Å². The van der Waals surface area contributed by atoms with Gasteiger partial charge in [-0.15, -0.1) is 11.3 Å². The van der Waals surface area contributed by atoms with Gasteiger partial charge in [-0.3, -0.25) is 14.9 Å². The average Bonchev–Trinajstić information content (AvgIpc) is 3.16. The topological polar surface area (TPSA) is 89.5 Å². The van der Waals surface area contributed by atoms with Gasteiger partial charge in [0.2, 0.25) is 5.91 Å².